The van der Waals surface area contributed by atoms with E-state index in [9.17, 15) is 9.90 Å². The molecule has 4 nitrogen and oxygen atoms in total. The summed E-state index contributed by atoms with van der Waals surface area (Å²) in [5.41, 5.74) is -0.432. The third kappa shape index (κ3) is 11.9. The van der Waals surface area contributed by atoms with Gasteiger partial charge in [-0.1, -0.05) is 13.3 Å². The van der Waals surface area contributed by atoms with E-state index >= 15 is 0 Å². The molecule has 1 atom stereocenters. The van der Waals surface area contributed by atoms with Gasteiger partial charge in [-0.25, -0.2) is 0 Å². The van der Waals surface area contributed by atoms with Crippen LogP contribution in [0.5, 0.6) is 0 Å². The lowest BCUT2D eigenvalue weighted by molar-refractivity contribution is -0.155. The lowest BCUT2D eigenvalue weighted by atomic mass is 10.1. The highest BCUT2D eigenvalue weighted by molar-refractivity contribution is 5.69. The Hall–Kier alpha value is -0.610. The van der Waals surface area contributed by atoms with Gasteiger partial charge >= 0.3 is 5.97 Å². The Morgan fingerprint density at radius 1 is 1.28 bits per heavy atom. The van der Waals surface area contributed by atoms with Crippen LogP contribution in [0.25, 0.3) is 0 Å². The van der Waals surface area contributed by atoms with Crippen LogP contribution in [-0.2, 0) is 14.3 Å². The number of unbranched alkanes of at least 4 members (excludes halogenated alkanes) is 1. The summed E-state index contributed by atoms with van der Waals surface area (Å²) in [4.78, 5) is 11.4. The summed E-state index contributed by atoms with van der Waals surface area (Å²) < 4.78 is 10.5. The molecule has 0 saturated heterocycles. The minimum Gasteiger partial charge on any atom is -0.460 e. The summed E-state index contributed by atoms with van der Waals surface area (Å²) in [6.45, 7) is 8.69. The summed E-state index contributed by atoms with van der Waals surface area (Å²) in [5, 5.41) is 9.62. The predicted molar refractivity (Wildman–Crippen MR) is 71.4 cm³/mol. The third-order valence-electron chi connectivity index (χ3n) is 2.29. The second-order valence-electron chi connectivity index (χ2n) is 5.56. The van der Waals surface area contributed by atoms with Crippen molar-refractivity contribution in [2.75, 3.05) is 13.2 Å². The normalized spacial score (nSPS) is 13.4. The van der Waals surface area contributed by atoms with Gasteiger partial charge in [-0.15, -0.1) is 0 Å². The van der Waals surface area contributed by atoms with E-state index in [0.29, 0.717) is 32.5 Å². The molecule has 0 amide bonds. The first-order valence-corrected chi connectivity index (χ1v) is 6.83. The molecule has 0 spiro atoms. The minimum atomic E-state index is -0.482. The lowest BCUT2D eigenvalue weighted by Crippen LogP contribution is -2.24. The van der Waals surface area contributed by atoms with Gasteiger partial charge in [-0.05, 0) is 40.0 Å². The number of aliphatic hydroxyl groups is 1. The van der Waals surface area contributed by atoms with Crippen molar-refractivity contribution < 1.29 is 19.4 Å². The van der Waals surface area contributed by atoms with E-state index in [4.69, 9.17) is 9.47 Å². The SMILES string of the molecule is CCCCOC[C@H](O)CCCC(=O)OC(C)(C)C. The first-order valence-electron chi connectivity index (χ1n) is 6.83. The minimum absolute atomic E-state index is 0.207. The van der Waals surface area contributed by atoms with Crippen molar-refractivity contribution in [3.8, 4) is 0 Å². The van der Waals surface area contributed by atoms with E-state index in [1.807, 2.05) is 20.8 Å². The number of esters is 1. The van der Waals surface area contributed by atoms with Crippen LogP contribution in [0.2, 0.25) is 0 Å². The number of rotatable bonds is 9. The molecule has 0 aliphatic heterocycles. The Kier molecular flexibility index (Phi) is 9.02. The van der Waals surface area contributed by atoms with Crippen molar-refractivity contribution in [3.05, 3.63) is 0 Å². The smallest absolute Gasteiger partial charge is 0.306 e. The predicted octanol–water partition coefficient (Wildman–Crippen LogP) is 2.68. The summed E-state index contributed by atoms with van der Waals surface area (Å²) in [7, 11) is 0. The Morgan fingerprint density at radius 2 is 1.94 bits per heavy atom. The van der Waals surface area contributed by atoms with Gasteiger partial charge in [0.15, 0.2) is 0 Å². The molecule has 0 fully saturated rings. The highest BCUT2D eigenvalue weighted by Crippen LogP contribution is 2.10. The molecule has 0 rings (SSSR count). The maximum Gasteiger partial charge on any atom is 0.306 e. The van der Waals surface area contributed by atoms with Crippen molar-refractivity contribution in [1.29, 1.82) is 0 Å². The maximum absolute atomic E-state index is 11.4. The molecule has 0 heterocycles. The van der Waals surface area contributed by atoms with Crippen molar-refractivity contribution in [3.63, 3.8) is 0 Å². The standard InChI is InChI=1S/C14H28O4/c1-5-6-10-17-11-12(15)8-7-9-13(16)18-14(2,3)4/h12,15H,5-11H2,1-4H3/t12-/m1/s1. The van der Waals surface area contributed by atoms with Gasteiger partial charge in [0.05, 0.1) is 12.7 Å². The second kappa shape index (κ2) is 9.34. The van der Waals surface area contributed by atoms with Gasteiger partial charge in [0.2, 0.25) is 0 Å². The van der Waals surface area contributed by atoms with Gasteiger partial charge in [-0.3, -0.25) is 4.79 Å². The number of aliphatic hydroxyl groups excluding tert-OH is 1. The molecule has 0 aromatic heterocycles. The molecule has 0 saturated carbocycles. The zero-order valence-electron chi connectivity index (χ0n) is 12.2. The largest absolute Gasteiger partial charge is 0.460 e. The fraction of sp³-hybridized carbons (Fsp3) is 0.929. The van der Waals surface area contributed by atoms with E-state index in [2.05, 4.69) is 6.92 Å². The Morgan fingerprint density at radius 3 is 2.50 bits per heavy atom. The van der Waals surface area contributed by atoms with E-state index in [1.165, 1.54) is 0 Å². The monoisotopic (exact) mass is 260 g/mol. The van der Waals surface area contributed by atoms with Crippen LogP contribution in [-0.4, -0.2) is 36.0 Å². The topological polar surface area (TPSA) is 55.8 Å². The number of hydrogen-bond donors (Lipinski definition) is 1. The first-order chi connectivity index (χ1) is 8.35. The Bertz CT molecular complexity index is 220. The average Bonchev–Trinajstić information content (AvgIpc) is 2.22. The molecular formula is C14H28O4. The van der Waals surface area contributed by atoms with Crippen LogP contribution in [0.1, 0.15) is 59.8 Å². The molecule has 1 N–H and O–H groups in total. The quantitative estimate of drug-likeness (QED) is 0.511. The average molecular weight is 260 g/mol. The summed E-state index contributed by atoms with van der Waals surface area (Å²) in [6, 6.07) is 0. The van der Waals surface area contributed by atoms with Crippen LogP contribution in [0.4, 0.5) is 0 Å². The molecule has 0 bridgehead atoms. The molecule has 0 unspecified atom stereocenters. The van der Waals surface area contributed by atoms with Crippen molar-refractivity contribution >= 4 is 5.97 Å². The van der Waals surface area contributed by atoms with Crippen LogP contribution in [0, 0.1) is 0 Å². The van der Waals surface area contributed by atoms with Crippen molar-refractivity contribution in [1.82, 2.24) is 0 Å². The van der Waals surface area contributed by atoms with Gasteiger partial charge in [0.1, 0.15) is 5.60 Å². The van der Waals surface area contributed by atoms with Crippen LogP contribution >= 0.6 is 0 Å². The summed E-state index contributed by atoms with van der Waals surface area (Å²) in [5.74, 6) is -0.207. The van der Waals surface area contributed by atoms with Gasteiger partial charge in [0, 0.05) is 13.0 Å². The van der Waals surface area contributed by atoms with Gasteiger partial charge in [-0.2, -0.15) is 0 Å². The highest BCUT2D eigenvalue weighted by atomic mass is 16.6. The lowest BCUT2D eigenvalue weighted by Gasteiger charge is -2.19. The highest BCUT2D eigenvalue weighted by Gasteiger charge is 2.16. The van der Waals surface area contributed by atoms with E-state index in [1.54, 1.807) is 0 Å². The molecule has 18 heavy (non-hydrogen) atoms. The van der Waals surface area contributed by atoms with E-state index in [-0.39, 0.29) is 5.97 Å². The fourth-order valence-electron chi connectivity index (χ4n) is 1.42. The molecule has 108 valence electrons. The van der Waals surface area contributed by atoms with E-state index < -0.39 is 11.7 Å². The number of carbonyl (C=O) groups excluding carboxylic acids is 1. The molecule has 0 aliphatic rings. The molecule has 0 aromatic rings. The van der Waals surface area contributed by atoms with E-state index in [0.717, 1.165) is 12.8 Å². The number of carbonyl (C=O) groups is 1. The van der Waals surface area contributed by atoms with Gasteiger partial charge < -0.3 is 14.6 Å². The van der Waals surface area contributed by atoms with Crippen LogP contribution in [0.3, 0.4) is 0 Å². The Labute approximate surface area is 111 Å². The van der Waals surface area contributed by atoms with Crippen LogP contribution in [0.15, 0.2) is 0 Å². The summed E-state index contributed by atoms with van der Waals surface area (Å²) in [6.07, 6.45) is 3.19. The van der Waals surface area contributed by atoms with Gasteiger partial charge in [0.25, 0.3) is 0 Å². The zero-order valence-corrected chi connectivity index (χ0v) is 12.2. The molecule has 0 radical (unpaired) electrons. The third-order valence-corrected chi connectivity index (χ3v) is 2.29. The summed E-state index contributed by atoms with van der Waals surface area (Å²) >= 11 is 0. The Balaban J connectivity index is 3.50. The maximum atomic E-state index is 11.4. The molecule has 0 aromatic carbocycles. The molecule has 4 heteroatoms. The zero-order chi connectivity index (χ0) is 14.0. The van der Waals surface area contributed by atoms with Crippen LogP contribution < -0.4 is 0 Å². The molecule has 0 aliphatic carbocycles. The number of hydrogen-bond acceptors (Lipinski definition) is 4. The fourth-order valence-corrected chi connectivity index (χ4v) is 1.42. The molecular weight excluding hydrogens is 232 g/mol. The van der Waals surface area contributed by atoms with Crippen molar-refractivity contribution in [2.45, 2.75) is 71.5 Å². The van der Waals surface area contributed by atoms with Crippen molar-refractivity contribution in [2.24, 2.45) is 0 Å². The number of ether oxygens (including phenoxy) is 2. The first kappa shape index (κ1) is 17.4. The second-order valence-corrected chi connectivity index (χ2v) is 5.56.